The molecule has 17 heavy (non-hydrogen) atoms. The summed E-state index contributed by atoms with van der Waals surface area (Å²) in [6.07, 6.45) is 1.27. The smallest absolute Gasteiger partial charge is 0.0351 e. The van der Waals surface area contributed by atoms with Gasteiger partial charge in [-0.05, 0) is 44.1 Å². The van der Waals surface area contributed by atoms with Crippen molar-refractivity contribution in [2.24, 2.45) is 5.92 Å². The second kappa shape index (κ2) is 7.72. The van der Waals surface area contributed by atoms with E-state index in [1.54, 1.807) is 0 Å². The monoisotopic (exact) mass is 298 g/mol. The van der Waals surface area contributed by atoms with Crippen molar-refractivity contribution in [3.8, 4) is 0 Å². The molecule has 3 heteroatoms. The molecule has 1 N–H and O–H groups in total. The van der Waals surface area contributed by atoms with Gasteiger partial charge in [0, 0.05) is 23.2 Å². The Morgan fingerprint density at radius 1 is 1.29 bits per heavy atom. The van der Waals surface area contributed by atoms with Crippen LogP contribution in [0.25, 0.3) is 0 Å². The number of halogens is 1. The van der Waals surface area contributed by atoms with Crippen LogP contribution < -0.4 is 5.32 Å². The molecule has 0 unspecified atom stereocenters. The van der Waals surface area contributed by atoms with Gasteiger partial charge in [-0.2, -0.15) is 0 Å². The average Bonchev–Trinajstić information content (AvgIpc) is 2.26. The lowest BCUT2D eigenvalue weighted by atomic mass is 10.1. The van der Waals surface area contributed by atoms with Crippen molar-refractivity contribution < 1.29 is 0 Å². The van der Waals surface area contributed by atoms with Gasteiger partial charge < -0.3 is 10.2 Å². The second-order valence-electron chi connectivity index (χ2n) is 4.92. The average molecular weight is 299 g/mol. The molecule has 2 nitrogen and oxygen atoms in total. The van der Waals surface area contributed by atoms with Crippen molar-refractivity contribution >= 4 is 21.6 Å². The van der Waals surface area contributed by atoms with Crippen LogP contribution in [0.1, 0.15) is 20.3 Å². The first-order valence-corrected chi connectivity index (χ1v) is 7.05. The Hall–Kier alpha value is -0.540. The molecule has 0 radical (unpaired) electrons. The van der Waals surface area contributed by atoms with Crippen LogP contribution in [-0.4, -0.2) is 31.6 Å². The summed E-state index contributed by atoms with van der Waals surface area (Å²) in [5.74, 6) is 0.787. The Balaban J connectivity index is 2.19. The number of hydrogen-bond acceptors (Lipinski definition) is 2. The molecule has 0 spiro atoms. The molecular weight excluding hydrogens is 276 g/mol. The van der Waals surface area contributed by atoms with E-state index in [1.807, 2.05) is 6.07 Å². The number of likely N-dealkylation sites (N-methyl/N-ethyl adjacent to an activating group) is 1. The van der Waals surface area contributed by atoms with E-state index in [0.717, 1.165) is 23.5 Å². The Morgan fingerprint density at radius 3 is 2.71 bits per heavy atom. The minimum atomic E-state index is 0.787. The lowest BCUT2D eigenvalue weighted by molar-refractivity contribution is 0.321. The van der Waals surface area contributed by atoms with Crippen LogP contribution in [0.2, 0.25) is 0 Å². The summed E-state index contributed by atoms with van der Waals surface area (Å²) in [6.45, 7) is 7.79. The summed E-state index contributed by atoms with van der Waals surface area (Å²) >= 11 is 3.47. The lowest BCUT2D eigenvalue weighted by Gasteiger charge is -2.18. The van der Waals surface area contributed by atoms with Crippen LogP contribution in [0.4, 0.5) is 5.69 Å². The fourth-order valence-corrected chi connectivity index (χ4v) is 1.98. The highest BCUT2D eigenvalue weighted by molar-refractivity contribution is 9.10. The first kappa shape index (κ1) is 14.5. The van der Waals surface area contributed by atoms with Crippen LogP contribution in [0.3, 0.4) is 0 Å². The van der Waals surface area contributed by atoms with Crippen molar-refractivity contribution in [3.63, 3.8) is 0 Å². The van der Waals surface area contributed by atoms with Gasteiger partial charge in [0.2, 0.25) is 0 Å². The Kier molecular flexibility index (Phi) is 6.60. The van der Waals surface area contributed by atoms with Gasteiger partial charge in [-0.15, -0.1) is 0 Å². The quantitative estimate of drug-likeness (QED) is 0.823. The van der Waals surface area contributed by atoms with Gasteiger partial charge in [-0.1, -0.05) is 35.8 Å². The van der Waals surface area contributed by atoms with E-state index in [2.05, 4.69) is 65.2 Å². The second-order valence-corrected chi connectivity index (χ2v) is 5.84. The number of anilines is 1. The zero-order chi connectivity index (χ0) is 12.7. The third-order valence-electron chi connectivity index (χ3n) is 2.74. The molecule has 0 atom stereocenters. The Morgan fingerprint density at radius 2 is 2.06 bits per heavy atom. The number of nitrogens with one attached hydrogen (secondary N) is 1. The minimum absolute atomic E-state index is 0.787. The molecule has 0 aromatic heterocycles. The maximum atomic E-state index is 3.47. The zero-order valence-corrected chi connectivity index (χ0v) is 12.6. The zero-order valence-electron chi connectivity index (χ0n) is 11.0. The van der Waals surface area contributed by atoms with Crippen molar-refractivity contribution in [2.75, 3.05) is 32.0 Å². The third kappa shape index (κ3) is 6.69. The van der Waals surface area contributed by atoms with Crippen LogP contribution >= 0.6 is 15.9 Å². The highest BCUT2D eigenvalue weighted by Crippen LogP contribution is 2.15. The molecule has 1 aromatic rings. The van der Waals surface area contributed by atoms with Gasteiger partial charge in [-0.3, -0.25) is 0 Å². The Labute approximate surface area is 114 Å². The molecule has 1 aromatic carbocycles. The Bertz CT molecular complexity index is 326. The van der Waals surface area contributed by atoms with E-state index in [4.69, 9.17) is 0 Å². The van der Waals surface area contributed by atoms with E-state index < -0.39 is 0 Å². The molecule has 0 amide bonds. The summed E-state index contributed by atoms with van der Waals surface area (Å²) in [4.78, 5) is 2.38. The van der Waals surface area contributed by atoms with Gasteiger partial charge in [0.25, 0.3) is 0 Å². The molecule has 96 valence electrons. The normalized spacial score (nSPS) is 11.2. The van der Waals surface area contributed by atoms with Crippen molar-refractivity contribution in [1.29, 1.82) is 0 Å². The number of benzene rings is 1. The van der Waals surface area contributed by atoms with Crippen molar-refractivity contribution in [3.05, 3.63) is 28.7 Å². The number of rotatable bonds is 7. The first-order valence-electron chi connectivity index (χ1n) is 6.26. The van der Waals surface area contributed by atoms with E-state index in [1.165, 1.54) is 18.7 Å². The molecule has 0 heterocycles. The van der Waals surface area contributed by atoms with Crippen LogP contribution in [-0.2, 0) is 0 Å². The molecule has 0 saturated carbocycles. The van der Waals surface area contributed by atoms with E-state index in [0.29, 0.717) is 0 Å². The summed E-state index contributed by atoms with van der Waals surface area (Å²) in [6, 6.07) is 8.29. The molecule has 0 aliphatic carbocycles. The largest absolute Gasteiger partial charge is 0.384 e. The highest BCUT2D eigenvalue weighted by atomic mass is 79.9. The van der Waals surface area contributed by atoms with Crippen molar-refractivity contribution in [1.82, 2.24) is 4.90 Å². The fraction of sp³-hybridized carbons (Fsp3) is 0.571. The first-order chi connectivity index (χ1) is 8.08. The fourth-order valence-electron chi connectivity index (χ4n) is 1.58. The SMILES string of the molecule is CC(C)CCN(C)CCNc1cccc(Br)c1. The molecule has 1 rings (SSSR count). The summed E-state index contributed by atoms with van der Waals surface area (Å²) in [7, 11) is 2.19. The predicted molar refractivity (Wildman–Crippen MR) is 79.6 cm³/mol. The summed E-state index contributed by atoms with van der Waals surface area (Å²) in [5.41, 5.74) is 1.18. The maximum absolute atomic E-state index is 3.47. The third-order valence-corrected chi connectivity index (χ3v) is 3.23. The molecule has 0 bridgehead atoms. The van der Waals surface area contributed by atoms with E-state index >= 15 is 0 Å². The van der Waals surface area contributed by atoms with Gasteiger partial charge in [0.15, 0.2) is 0 Å². The molecule has 0 aliphatic heterocycles. The van der Waals surface area contributed by atoms with Gasteiger partial charge in [0.1, 0.15) is 0 Å². The number of nitrogens with zero attached hydrogens (tertiary/aromatic N) is 1. The minimum Gasteiger partial charge on any atom is -0.384 e. The molecular formula is C14H23BrN2. The maximum Gasteiger partial charge on any atom is 0.0351 e. The summed E-state index contributed by atoms with van der Waals surface area (Å²) < 4.78 is 1.12. The predicted octanol–water partition coefficient (Wildman–Crippen LogP) is 3.84. The molecule has 0 fully saturated rings. The van der Waals surface area contributed by atoms with Crippen LogP contribution in [0.5, 0.6) is 0 Å². The van der Waals surface area contributed by atoms with Crippen LogP contribution in [0.15, 0.2) is 28.7 Å². The highest BCUT2D eigenvalue weighted by Gasteiger charge is 2.00. The number of hydrogen-bond donors (Lipinski definition) is 1. The topological polar surface area (TPSA) is 15.3 Å². The van der Waals surface area contributed by atoms with Gasteiger partial charge in [-0.25, -0.2) is 0 Å². The summed E-state index contributed by atoms with van der Waals surface area (Å²) in [5, 5.41) is 3.43. The van der Waals surface area contributed by atoms with E-state index in [9.17, 15) is 0 Å². The van der Waals surface area contributed by atoms with Gasteiger partial charge >= 0.3 is 0 Å². The lowest BCUT2D eigenvalue weighted by Crippen LogP contribution is -2.26. The standard InChI is InChI=1S/C14H23BrN2/c1-12(2)7-9-17(3)10-8-16-14-6-4-5-13(15)11-14/h4-6,11-12,16H,7-10H2,1-3H3. The molecule has 0 saturated heterocycles. The van der Waals surface area contributed by atoms with Crippen molar-refractivity contribution in [2.45, 2.75) is 20.3 Å². The van der Waals surface area contributed by atoms with E-state index in [-0.39, 0.29) is 0 Å². The molecule has 0 aliphatic rings. The van der Waals surface area contributed by atoms with Gasteiger partial charge in [0.05, 0.1) is 0 Å². The van der Waals surface area contributed by atoms with Crippen LogP contribution in [0, 0.1) is 5.92 Å².